The van der Waals surface area contributed by atoms with Gasteiger partial charge >= 0.3 is 0 Å². The summed E-state index contributed by atoms with van der Waals surface area (Å²) in [5.41, 5.74) is 3.30. The molecule has 0 aromatic heterocycles. The van der Waals surface area contributed by atoms with E-state index in [0.717, 1.165) is 0 Å². The first kappa shape index (κ1) is 12.0. The van der Waals surface area contributed by atoms with Crippen molar-refractivity contribution in [2.24, 2.45) is 0 Å². The van der Waals surface area contributed by atoms with Crippen LogP contribution in [-0.4, -0.2) is 28.5 Å². The highest BCUT2D eigenvalue weighted by Crippen LogP contribution is 2.02. The van der Waals surface area contributed by atoms with Gasteiger partial charge in [-0.1, -0.05) is 42.2 Å². The van der Waals surface area contributed by atoms with Crippen LogP contribution in [0.2, 0.25) is 0 Å². The summed E-state index contributed by atoms with van der Waals surface area (Å²) in [5.74, 6) is -0.158. The zero-order chi connectivity index (χ0) is 11.3. The summed E-state index contributed by atoms with van der Waals surface area (Å²) >= 11 is 6.43. The molecule has 15 heavy (non-hydrogen) atoms. The predicted molar refractivity (Wildman–Crippen MR) is 67.8 cm³/mol. The smallest absolute Gasteiger partial charge is 0.269 e. The standard InChI is InChI=1S/C10H12N2OS2/c1-12(10(14)15-2)11-9(13)8-6-4-3-5-7-8/h3-7H,1-2H3,(H,11,13). The number of hydrogen-bond donors (Lipinski definition) is 1. The summed E-state index contributed by atoms with van der Waals surface area (Å²) in [4.78, 5) is 11.7. The van der Waals surface area contributed by atoms with E-state index in [1.54, 1.807) is 19.2 Å². The van der Waals surface area contributed by atoms with Crippen molar-refractivity contribution >= 4 is 34.2 Å². The second-order valence-corrected chi connectivity index (χ2v) is 4.28. The number of thioether (sulfide) groups is 1. The van der Waals surface area contributed by atoms with Crippen LogP contribution >= 0.6 is 24.0 Å². The molecule has 1 aromatic carbocycles. The number of hydrazine groups is 1. The fourth-order valence-corrected chi connectivity index (χ4v) is 1.35. The molecule has 1 N–H and O–H groups in total. The second kappa shape index (κ2) is 5.72. The molecule has 0 unspecified atom stereocenters. The highest BCUT2D eigenvalue weighted by Gasteiger charge is 2.08. The van der Waals surface area contributed by atoms with E-state index in [9.17, 15) is 4.79 Å². The number of nitrogens with zero attached hydrogens (tertiary/aromatic N) is 1. The van der Waals surface area contributed by atoms with Crippen LogP contribution in [0.4, 0.5) is 0 Å². The first-order chi connectivity index (χ1) is 7.15. The molecule has 3 nitrogen and oxygen atoms in total. The zero-order valence-electron chi connectivity index (χ0n) is 8.56. The third kappa shape index (κ3) is 3.53. The van der Waals surface area contributed by atoms with Gasteiger partial charge < -0.3 is 0 Å². The average molecular weight is 240 g/mol. The maximum Gasteiger partial charge on any atom is 0.269 e. The maximum absolute atomic E-state index is 11.7. The third-order valence-corrected chi connectivity index (χ3v) is 3.15. The number of nitrogens with one attached hydrogen (secondary N) is 1. The Morgan fingerprint density at radius 1 is 1.40 bits per heavy atom. The Morgan fingerprint density at radius 2 is 2.00 bits per heavy atom. The molecule has 0 fully saturated rings. The summed E-state index contributed by atoms with van der Waals surface area (Å²) in [6.45, 7) is 0. The van der Waals surface area contributed by atoms with Gasteiger partial charge in [0.25, 0.3) is 5.91 Å². The van der Waals surface area contributed by atoms with E-state index < -0.39 is 0 Å². The van der Waals surface area contributed by atoms with Gasteiger partial charge in [0.1, 0.15) is 0 Å². The lowest BCUT2D eigenvalue weighted by Crippen LogP contribution is -2.41. The van der Waals surface area contributed by atoms with Crippen molar-refractivity contribution in [3.63, 3.8) is 0 Å². The minimum atomic E-state index is -0.158. The third-order valence-electron chi connectivity index (χ3n) is 1.75. The Labute approximate surface area is 98.8 Å². The first-order valence-corrected chi connectivity index (χ1v) is 5.96. The molecule has 0 bridgehead atoms. The van der Waals surface area contributed by atoms with Crippen LogP contribution in [-0.2, 0) is 0 Å². The fraction of sp³-hybridized carbons (Fsp3) is 0.200. The molecule has 0 spiro atoms. The molecular weight excluding hydrogens is 228 g/mol. The molecule has 1 aromatic rings. The van der Waals surface area contributed by atoms with Crippen molar-refractivity contribution in [3.8, 4) is 0 Å². The number of carbonyl (C=O) groups excluding carboxylic acids is 1. The quantitative estimate of drug-likeness (QED) is 0.600. The Hall–Kier alpha value is -1.07. The molecule has 5 heteroatoms. The molecule has 0 aliphatic carbocycles. The van der Waals surface area contributed by atoms with Crippen molar-refractivity contribution in [2.45, 2.75) is 0 Å². The van der Waals surface area contributed by atoms with Crippen molar-refractivity contribution < 1.29 is 4.79 Å². The Kier molecular flexibility index (Phi) is 4.58. The number of benzene rings is 1. The van der Waals surface area contributed by atoms with Crippen LogP contribution in [0, 0.1) is 0 Å². The minimum absolute atomic E-state index is 0.158. The van der Waals surface area contributed by atoms with Gasteiger partial charge in [-0.3, -0.25) is 15.2 Å². The van der Waals surface area contributed by atoms with Crippen molar-refractivity contribution in [1.82, 2.24) is 10.4 Å². The lowest BCUT2D eigenvalue weighted by molar-refractivity contribution is 0.0890. The van der Waals surface area contributed by atoms with E-state index in [-0.39, 0.29) is 5.91 Å². The number of hydrogen-bond acceptors (Lipinski definition) is 3. The summed E-state index contributed by atoms with van der Waals surface area (Å²) in [6, 6.07) is 9.02. The van der Waals surface area contributed by atoms with Crippen molar-refractivity contribution in [2.75, 3.05) is 13.3 Å². The SMILES string of the molecule is CSC(=S)N(C)NC(=O)c1ccccc1. The molecule has 1 rings (SSSR count). The summed E-state index contributed by atoms with van der Waals surface area (Å²) in [7, 11) is 1.72. The highest BCUT2D eigenvalue weighted by atomic mass is 32.2. The van der Waals surface area contributed by atoms with E-state index in [1.807, 2.05) is 24.5 Å². The fourth-order valence-electron chi connectivity index (χ4n) is 0.989. The lowest BCUT2D eigenvalue weighted by atomic mass is 10.2. The van der Waals surface area contributed by atoms with Gasteiger partial charge in [0, 0.05) is 12.6 Å². The van der Waals surface area contributed by atoms with E-state index in [0.29, 0.717) is 9.88 Å². The molecule has 0 atom stereocenters. The average Bonchev–Trinajstić information content (AvgIpc) is 2.29. The van der Waals surface area contributed by atoms with Crippen LogP contribution in [0.15, 0.2) is 30.3 Å². The minimum Gasteiger partial charge on any atom is -0.272 e. The topological polar surface area (TPSA) is 32.3 Å². The van der Waals surface area contributed by atoms with Gasteiger partial charge in [-0.05, 0) is 18.4 Å². The van der Waals surface area contributed by atoms with Crippen LogP contribution < -0.4 is 5.43 Å². The van der Waals surface area contributed by atoms with E-state index in [4.69, 9.17) is 12.2 Å². The molecule has 0 aliphatic heterocycles. The van der Waals surface area contributed by atoms with Crippen LogP contribution in [0.5, 0.6) is 0 Å². The normalized spacial score (nSPS) is 9.47. The largest absolute Gasteiger partial charge is 0.272 e. The van der Waals surface area contributed by atoms with E-state index >= 15 is 0 Å². The van der Waals surface area contributed by atoms with Crippen LogP contribution in [0.3, 0.4) is 0 Å². The van der Waals surface area contributed by atoms with Gasteiger partial charge in [0.2, 0.25) is 0 Å². The highest BCUT2D eigenvalue weighted by molar-refractivity contribution is 8.22. The summed E-state index contributed by atoms with van der Waals surface area (Å²) in [5, 5.41) is 1.54. The van der Waals surface area contributed by atoms with Gasteiger partial charge in [-0.2, -0.15) is 0 Å². The number of amides is 1. The molecular formula is C10H12N2OS2. The second-order valence-electron chi connectivity index (χ2n) is 2.84. The maximum atomic E-state index is 11.7. The van der Waals surface area contributed by atoms with Gasteiger partial charge in [0.15, 0.2) is 4.32 Å². The number of carbonyl (C=O) groups is 1. The van der Waals surface area contributed by atoms with E-state index in [1.165, 1.54) is 16.8 Å². The lowest BCUT2D eigenvalue weighted by Gasteiger charge is -2.19. The number of rotatable bonds is 1. The van der Waals surface area contributed by atoms with Crippen LogP contribution in [0.25, 0.3) is 0 Å². The molecule has 0 heterocycles. The zero-order valence-corrected chi connectivity index (χ0v) is 10.2. The predicted octanol–water partition coefficient (Wildman–Crippen LogP) is 1.91. The molecule has 0 radical (unpaired) electrons. The monoisotopic (exact) mass is 240 g/mol. The van der Waals surface area contributed by atoms with Gasteiger partial charge in [-0.15, -0.1) is 0 Å². The van der Waals surface area contributed by atoms with Crippen LogP contribution in [0.1, 0.15) is 10.4 Å². The summed E-state index contributed by atoms with van der Waals surface area (Å²) < 4.78 is 0.624. The summed E-state index contributed by atoms with van der Waals surface area (Å²) in [6.07, 6.45) is 1.87. The molecule has 80 valence electrons. The van der Waals surface area contributed by atoms with Gasteiger partial charge in [0.05, 0.1) is 0 Å². The Bertz CT molecular complexity index is 354. The van der Waals surface area contributed by atoms with E-state index in [2.05, 4.69) is 5.43 Å². The molecule has 0 saturated carbocycles. The molecule has 1 amide bonds. The molecule has 0 saturated heterocycles. The van der Waals surface area contributed by atoms with Gasteiger partial charge in [-0.25, -0.2) is 0 Å². The first-order valence-electron chi connectivity index (χ1n) is 4.33. The van der Waals surface area contributed by atoms with Crippen molar-refractivity contribution in [3.05, 3.63) is 35.9 Å². The Balaban J connectivity index is 2.61. The number of thiocarbonyl (C=S) groups is 1. The Morgan fingerprint density at radius 3 is 2.53 bits per heavy atom. The molecule has 0 aliphatic rings. The van der Waals surface area contributed by atoms with Crippen molar-refractivity contribution in [1.29, 1.82) is 0 Å².